The topological polar surface area (TPSA) is 110 Å². The summed E-state index contributed by atoms with van der Waals surface area (Å²) in [4.78, 5) is 13.9. The van der Waals surface area contributed by atoms with E-state index in [1.165, 1.54) is 0 Å². The molecule has 8 nitrogen and oxygen atoms in total. The van der Waals surface area contributed by atoms with Crippen LogP contribution in [0.3, 0.4) is 0 Å². The summed E-state index contributed by atoms with van der Waals surface area (Å²) in [6.45, 7) is 10.5. The Hall–Kier alpha value is -0.900. The zero-order chi connectivity index (χ0) is 19.2. The maximum Gasteiger partial charge on any atom is 0.409 e. The Morgan fingerprint density at radius 2 is 1.46 bits per heavy atom. The first kappa shape index (κ1) is 25.3. The molecule has 0 radical (unpaired) electrons. The summed E-state index contributed by atoms with van der Waals surface area (Å²) >= 11 is 0. The minimum Gasteiger partial charge on any atom is -0.759 e. The summed E-state index contributed by atoms with van der Waals surface area (Å²) in [5, 5.41) is 0. The Bertz CT molecular complexity index is 410. The molecule has 0 atom stereocenters. The molecule has 0 aromatic rings. The number of likely N-dealkylation sites (N-methyl/N-ethyl adjacent to an activating group) is 1. The summed E-state index contributed by atoms with van der Waals surface area (Å²) in [7, 11) is -0.862. The van der Waals surface area contributed by atoms with E-state index in [1.807, 2.05) is 4.90 Å². The lowest BCUT2D eigenvalue weighted by Crippen LogP contribution is -2.43. The van der Waals surface area contributed by atoms with E-state index < -0.39 is 10.4 Å². The first-order valence-electron chi connectivity index (χ1n) is 8.37. The highest BCUT2D eigenvalue weighted by Gasteiger charge is 2.16. The van der Waals surface area contributed by atoms with E-state index in [0.717, 1.165) is 56.3 Å². The van der Waals surface area contributed by atoms with Crippen LogP contribution in [0.15, 0.2) is 0 Å². The maximum atomic E-state index is 12.0. The Morgan fingerprint density at radius 3 is 1.79 bits per heavy atom. The number of hydrogen-bond donors (Lipinski definition) is 0. The lowest BCUT2D eigenvalue weighted by molar-refractivity contribution is -0.888. The van der Waals surface area contributed by atoms with E-state index in [-0.39, 0.29) is 6.09 Å². The van der Waals surface area contributed by atoms with Crippen LogP contribution in [0.25, 0.3) is 0 Å². The fourth-order valence-electron chi connectivity index (χ4n) is 1.62. The molecule has 24 heavy (non-hydrogen) atoms. The first-order valence-corrected chi connectivity index (χ1v) is 9.70. The number of unbranched alkanes of at least 4 members (excludes halogenated alkanes) is 2. The highest BCUT2D eigenvalue weighted by Crippen LogP contribution is 2.03. The van der Waals surface area contributed by atoms with Crippen molar-refractivity contribution in [2.75, 3.05) is 46.9 Å². The van der Waals surface area contributed by atoms with Gasteiger partial charge >= 0.3 is 6.09 Å². The molecule has 0 bridgehead atoms. The largest absolute Gasteiger partial charge is 0.759 e. The second kappa shape index (κ2) is 13.4. The zero-order valence-electron chi connectivity index (χ0n) is 15.6. The van der Waals surface area contributed by atoms with Gasteiger partial charge < -0.3 is 23.2 Å². The van der Waals surface area contributed by atoms with Crippen LogP contribution in [0.2, 0.25) is 0 Å². The Labute approximate surface area is 146 Å². The van der Waals surface area contributed by atoms with Gasteiger partial charge in [-0.2, -0.15) is 0 Å². The standard InChI is InChI=1S/C15H33N2O2.H2O4S/c1-6-9-11-16(12-10-7-2)15(18)19-14-13-17(4,5)8-3;1-5(2,3)4/h6-14H2,1-5H3;(H2,1,2,3,4)/q+1;/p-2. The van der Waals surface area contributed by atoms with Crippen molar-refractivity contribution >= 4 is 16.5 Å². The third-order valence-corrected chi connectivity index (χ3v) is 3.60. The van der Waals surface area contributed by atoms with Gasteiger partial charge in [0.2, 0.25) is 0 Å². The van der Waals surface area contributed by atoms with E-state index in [1.54, 1.807) is 0 Å². The molecule has 0 fully saturated rings. The van der Waals surface area contributed by atoms with Gasteiger partial charge in [0, 0.05) is 23.5 Å². The number of hydrogen-bond acceptors (Lipinski definition) is 6. The van der Waals surface area contributed by atoms with Crippen molar-refractivity contribution in [1.29, 1.82) is 0 Å². The predicted molar refractivity (Wildman–Crippen MR) is 90.7 cm³/mol. The van der Waals surface area contributed by atoms with Crippen LogP contribution in [0, 0.1) is 0 Å². The second-order valence-corrected chi connectivity index (χ2v) is 7.01. The highest BCUT2D eigenvalue weighted by atomic mass is 32.3. The maximum absolute atomic E-state index is 12.0. The molecule has 146 valence electrons. The van der Waals surface area contributed by atoms with E-state index in [0.29, 0.717) is 6.61 Å². The molecular formula is C15H33N2O6S-. The molecule has 0 heterocycles. The predicted octanol–water partition coefficient (Wildman–Crippen LogP) is 1.78. The summed E-state index contributed by atoms with van der Waals surface area (Å²) in [6.07, 6.45) is 4.17. The molecule has 0 N–H and O–H groups in total. The third-order valence-electron chi connectivity index (χ3n) is 3.60. The van der Waals surface area contributed by atoms with Crippen molar-refractivity contribution in [2.24, 2.45) is 0 Å². The van der Waals surface area contributed by atoms with Crippen LogP contribution < -0.4 is 0 Å². The molecule has 1 amide bonds. The van der Waals surface area contributed by atoms with Gasteiger partial charge in [0.15, 0.2) is 0 Å². The summed E-state index contributed by atoms with van der Waals surface area (Å²) < 4.78 is 40.4. The van der Waals surface area contributed by atoms with Crippen LogP contribution >= 0.6 is 0 Å². The van der Waals surface area contributed by atoms with Crippen molar-refractivity contribution in [2.45, 2.75) is 46.5 Å². The number of nitrogens with zero attached hydrogens (tertiary/aromatic N) is 2. The van der Waals surface area contributed by atoms with Crippen LogP contribution in [0.4, 0.5) is 4.79 Å². The highest BCUT2D eigenvalue weighted by molar-refractivity contribution is 7.79. The monoisotopic (exact) mass is 369 g/mol. The molecule has 0 aromatic carbocycles. The summed E-state index contributed by atoms with van der Waals surface area (Å²) in [5.41, 5.74) is 0. The quantitative estimate of drug-likeness (QED) is 0.330. The number of carbonyl (C=O) groups excluding carboxylic acids is 1. The van der Waals surface area contributed by atoms with Crippen molar-refractivity contribution in [1.82, 2.24) is 4.90 Å². The SMILES string of the molecule is CCCCN(CCCC)C(=O)OCC[N+](C)(C)CC.O=S(=O)([O-])[O-]. The number of carbonyl (C=O) groups is 1. The van der Waals surface area contributed by atoms with Crippen molar-refractivity contribution in [3.63, 3.8) is 0 Å². The minimum atomic E-state index is -5.17. The zero-order valence-corrected chi connectivity index (χ0v) is 16.4. The van der Waals surface area contributed by atoms with Gasteiger partial charge in [-0.1, -0.05) is 26.7 Å². The number of rotatable bonds is 10. The Kier molecular flexibility index (Phi) is 14.1. The fourth-order valence-corrected chi connectivity index (χ4v) is 1.62. The van der Waals surface area contributed by atoms with Crippen molar-refractivity contribution in [3.8, 4) is 0 Å². The fraction of sp³-hybridized carbons (Fsp3) is 0.933. The van der Waals surface area contributed by atoms with E-state index in [4.69, 9.17) is 22.3 Å². The molecule has 0 saturated carbocycles. The molecule has 0 aliphatic carbocycles. The number of ether oxygens (including phenoxy) is 1. The summed E-state index contributed by atoms with van der Waals surface area (Å²) in [6, 6.07) is 0. The molecule has 9 heteroatoms. The van der Waals surface area contributed by atoms with E-state index >= 15 is 0 Å². The van der Waals surface area contributed by atoms with E-state index in [9.17, 15) is 4.79 Å². The van der Waals surface area contributed by atoms with Crippen LogP contribution in [-0.4, -0.2) is 79.9 Å². The summed E-state index contributed by atoms with van der Waals surface area (Å²) in [5.74, 6) is 0. The van der Waals surface area contributed by atoms with Gasteiger partial charge in [0.1, 0.15) is 13.2 Å². The Morgan fingerprint density at radius 1 is 1.04 bits per heavy atom. The van der Waals surface area contributed by atoms with Gasteiger partial charge in [-0.15, -0.1) is 0 Å². The molecule has 0 aliphatic heterocycles. The molecule has 0 aliphatic rings. The van der Waals surface area contributed by atoms with Crippen LogP contribution in [0.1, 0.15) is 46.5 Å². The van der Waals surface area contributed by atoms with Gasteiger partial charge in [-0.05, 0) is 19.8 Å². The van der Waals surface area contributed by atoms with E-state index in [2.05, 4.69) is 34.9 Å². The number of quaternary nitrogens is 1. The molecule has 0 rings (SSSR count). The first-order chi connectivity index (χ1) is 11.0. The number of amides is 1. The van der Waals surface area contributed by atoms with Gasteiger partial charge in [0.25, 0.3) is 0 Å². The normalized spacial score (nSPS) is 11.5. The molecule has 0 saturated heterocycles. The van der Waals surface area contributed by atoms with Gasteiger partial charge in [0.05, 0.1) is 20.6 Å². The minimum absolute atomic E-state index is 0.141. The van der Waals surface area contributed by atoms with Crippen LogP contribution in [0.5, 0.6) is 0 Å². The van der Waals surface area contributed by atoms with Crippen molar-refractivity contribution < 1.29 is 31.5 Å². The lowest BCUT2D eigenvalue weighted by atomic mass is 10.3. The third kappa shape index (κ3) is 19.1. The molecule has 0 aromatic heterocycles. The molecule has 0 spiro atoms. The van der Waals surface area contributed by atoms with Gasteiger partial charge in [-0.3, -0.25) is 8.42 Å². The van der Waals surface area contributed by atoms with Gasteiger partial charge in [-0.25, -0.2) is 4.79 Å². The average molecular weight is 370 g/mol. The lowest BCUT2D eigenvalue weighted by Gasteiger charge is -2.28. The molecular weight excluding hydrogens is 336 g/mol. The Balaban J connectivity index is 0. The average Bonchev–Trinajstić information content (AvgIpc) is 2.45. The smallest absolute Gasteiger partial charge is 0.409 e. The van der Waals surface area contributed by atoms with Crippen LogP contribution in [-0.2, 0) is 15.1 Å². The second-order valence-electron chi connectivity index (χ2n) is 6.19. The molecule has 0 unspecified atom stereocenters. The van der Waals surface area contributed by atoms with Crippen molar-refractivity contribution in [3.05, 3.63) is 0 Å².